The van der Waals surface area contributed by atoms with E-state index in [1.54, 1.807) is 4.90 Å². The predicted molar refractivity (Wildman–Crippen MR) is 81.6 cm³/mol. The molecule has 0 aromatic heterocycles. The van der Waals surface area contributed by atoms with Crippen molar-refractivity contribution in [1.82, 2.24) is 4.90 Å². The molecule has 118 valence electrons. The number of nitrogens with zero attached hydrogens (tertiary/aromatic N) is 1. The van der Waals surface area contributed by atoms with Crippen molar-refractivity contribution in [3.8, 4) is 0 Å². The van der Waals surface area contributed by atoms with E-state index < -0.39 is 9.84 Å². The van der Waals surface area contributed by atoms with Crippen LogP contribution in [-0.2, 0) is 14.6 Å². The van der Waals surface area contributed by atoms with Crippen LogP contribution in [0.2, 0.25) is 0 Å². The average Bonchev–Trinajstić information content (AvgIpc) is 2.96. The van der Waals surface area contributed by atoms with Gasteiger partial charge in [0.1, 0.15) is 0 Å². The second kappa shape index (κ2) is 7.09. The Morgan fingerprint density at radius 3 is 2.50 bits per heavy atom. The Morgan fingerprint density at radius 1 is 1.30 bits per heavy atom. The van der Waals surface area contributed by atoms with E-state index in [0.29, 0.717) is 19.5 Å². The van der Waals surface area contributed by atoms with Gasteiger partial charge in [-0.05, 0) is 38.6 Å². The molecule has 1 amide bonds. The summed E-state index contributed by atoms with van der Waals surface area (Å²) in [6.07, 6.45) is 3.56. The highest BCUT2D eigenvalue weighted by Crippen LogP contribution is 2.33. The fourth-order valence-electron chi connectivity index (χ4n) is 3.47. The van der Waals surface area contributed by atoms with Gasteiger partial charge in [0.15, 0.2) is 9.84 Å². The van der Waals surface area contributed by atoms with E-state index in [-0.39, 0.29) is 47.7 Å². The first-order chi connectivity index (χ1) is 8.98. The van der Waals surface area contributed by atoms with Crippen LogP contribution < -0.4 is 5.73 Å². The van der Waals surface area contributed by atoms with Crippen LogP contribution in [0.15, 0.2) is 0 Å². The largest absolute Gasteiger partial charge is 0.339 e. The maximum Gasteiger partial charge on any atom is 0.226 e. The van der Waals surface area contributed by atoms with Crippen molar-refractivity contribution in [3.63, 3.8) is 0 Å². The lowest BCUT2D eigenvalue weighted by atomic mass is 9.94. The van der Waals surface area contributed by atoms with Gasteiger partial charge in [0.2, 0.25) is 5.91 Å². The summed E-state index contributed by atoms with van der Waals surface area (Å²) in [5, 5.41) is 0. The lowest BCUT2D eigenvalue weighted by molar-refractivity contribution is -0.138. The van der Waals surface area contributed by atoms with Gasteiger partial charge in [-0.15, -0.1) is 12.4 Å². The van der Waals surface area contributed by atoms with Crippen LogP contribution in [0.3, 0.4) is 0 Å². The van der Waals surface area contributed by atoms with E-state index in [1.165, 1.54) is 0 Å². The van der Waals surface area contributed by atoms with E-state index in [2.05, 4.69) is 0 Å². The minimum absolute atomic E-state index is 0. The van der Waals surface area contributed by atoms with Gasteiger partial charge in [-0.25, -0.2) is 8.42 Å². The number of nitrogens with two attached hydrogens (primary N) is 1. The first kappa shape index (κ1) is 17.7. The smallest absolute Gasteiger partial charge is 0.226 e. The first-order valence-corrected chi connectivity index (χ1v) is 9.01. The minimum atomic E-state index is -2.95. The Balaban J connectivity index is 0.00000200. The van der Waals surface area contributed by atoms with Gasteiger partial charge < -0.3 is 10.6 Å². The van der Waals surface area contributed by atoms with Crippen LogP contribution in [0.1, 0.15) is 32.6 Å². The molecule has 0 aromatic carbocycles. The Morgan fingerprint density at radius 2 is 2.00 bits per heavy atom. The number of sulfone groups is 1. The number of carbonyl (C=O) groups is 1. The third kappa shape index (κ3) is 3.65. The third-order valence-corrected chi connectivity index (χ3v) is 6.30. The molecule has 20 heavy (non-hydrogen) atoms. The van der Waals surface area contributed by atoms with Gasteiger partial charge in [-0.1, -0.05) is 6.42 Å². The first-order valence-electron chi connectivity index (χ1n) is 7.19. The van der Waals surface area contributed by atoms with Gasteiger partial charge >= 0.3 is 0 Å². The molecule has 0 radical (unpaired) electrons. The molecule has 2 fully saturated rings. The molecule has 1 unspecified atom stereocenters. The molecule has 1 saturated heterocycles. The zero-order valence-corrected chi connectivity index (χ0v) is 13.6. The molecule has 2 N–H and O–H groups in total. The van der Waals surface area contributed by atoms with Gasteiger partial charge in [0, 0.05) is 18.5 Å². The van der Waals surface area contributed by atoms with Gasteiger partial charge in [-0.2, -0.15) is 0 Å². The summed E-state index contributed by atoms with van der Waals surface area (Å²) in [7, 11) is -2.95. The SMILES string of the molecule is CCN(C(=O)[C@@H]1CCC[C@@H]1CN)C1CCS(=O)(=O)C1.Cl. The number of rotatable bonds is 4. The molecule has 0 spiro atoms. The molecule has 2 aliphatic rings. The molecular weight excluding hydrogens is 300 g/mol. The predicted octanol–water partition coefficient (Wildman–Crippen LogP) is 0.819. The zero-order valence-electron chi connectivity index (χ0n) is 12.0. The summed E-state index contributed by atoms with van der Waals surface area (Å²) < 4.78 is 23.1. The average molecular weight is 325 g/mol. The summed E-state index contributed by atoms with van der Waals surface area (Å²) in [6, 6.07) is -0.124. The van der Waals surface area contributed by atoms with E-state index >= 15 is 0 Å². The van der Waals surface area contributed by atoms with Gasteiger partial charge in [-0.3, -0.25) is 4.79 Å². The van der Waals surface area contributed by atoms with Crippen molar-refractivity contribution < 1.29 is 13.2 Å². The molecule has 7 heteroatoms. The molecule has 1 saturated carbocycles. The number of carbonyl (C=O) groups excluding carboxylic acids is 1. The van der Waals surface area contributed by atoms with Crippen molar-refractivity contribution in [3.05, 3.63) is 0 Å². The summed E-state index contributed by atoms with van der Waals surface area (Å²) in [5.74, 6) is 0.754. The Bertz CT molecular complexity index is 441. The van der Waals surface area contributed by atoms with Crippen molar-refractivity contribution in [2.45, 2.75) is 38.6 Å². The molecule has 2 rings (SSSR count). The van der Waals surface area contributed by atoms with Crippen LogP contribution in [0.25, 0.3) is 0 Å². The van der Waals surface area contributed by atoms with E-state index in [1.807, 2.05) is 6.92 Å². The standard InChI is InChI=1S/C13H24N2O3S.ClH/c1-2-15(11-6-7-19(17,18)9-11)13(16)12-5-3-4-10(12)8-14;/h10-12H,2-9,14H2,1H3;1H/t10-,11?,12-;/m1./s1. The van der Waals surface area contributed by atoms with E-state index in [4.69, 9.17) is 5.73 Å². The maximum atomic E-state index is 12.6. The summed E-state index contributed by atoms with van der Waals surface area (Å²) in [4.78, 5) is 14.4. The summed E-state index contributed by atoms with van der Waals surface area (Å²) >= 11 is 0. The number of hydrogen-bond acceptors (Lipinski definition) is 4. The van der Waals surface area contributed by atoms with Crippen molar-refractivity contribution >= 4 is 28.2 Å². The summed E-state index contributed by atoms with van der Waals surface area (Å²) in [5.41, 5.74) is 5.73. The van der Waals surface area contributed by atoms with Crippen LogP contribution in [-0.4, -0.2) is 49.9 Å². The molecule has 1 aliphatic heterocycles. The second-order valence-electron chi connectivity index (χ2n) is 5.71. The van der Waals surface area contributed by atoms with Gasteiger partial charge in [0.25, 0.3) is 0 Å². The van der Waals surface area contributed by atoms with Crippen LogP contribution in [0, 0.1) is 11.8 Å². The van der Waals surface area contributed by atoms with Crippen LogP contribution >= 0.6 is 12.4 Å². The molecule has 0 bridgehead atoms. The zero-order chi connectivity index (χ0) is 14.0. The highest BCUT2D eigenvalue weighted by molar-refractivity contribution is 7.91. The Labute approximate surface area is 127 Å². The normalized spacial score (nSPS) is 31.8. The number of halogens is 1. The van der Waals surface area contributed by atoms with E-state index in [9.17, 15) is 13.2 Å². The van der Waals surface area contributed by atoms with Crippen molar-refractivity contribution in [2.75, 3.05) is 24.6 Å². The summed E-state index contributed by atoms with van der Waals surface area (Å²) in [6.45, 7) is 3.07. The van der Waals surface area contributed by atoms with Crippen LogP contribution in [0.5, 0.6) is 0 Å². The van der Waals surface area contributed by atoms with Crippen LogP contribution in [0.4, 0.5) is 0 Å². The third-order valence-electron chi connectivity index (χ3n) is 4.55. The molecule has 1 heterocycles. The lowest BCUT2D eigenvalue weighted by Crippen LogP contribution is -2.45. The molecule has 5 nitrogen and oxygen atoms in total. The Kier molecular flexibility index (Phi) is 6.28. The maximum absolute atomic E-state index is 12.6. The molecule has 1 aliphatic carbocycles. The fraction of sp³-hybridized carbons (Fsp3) is 0.923. The van der Waals surface area contributed by atoms with Gasteiger partial charge in [0.05, 0.1) is 11.5 Å². The van der Waals surface area contributed by atoms with Crippen molar-refractivity contribution in [1.29, 1.82) is 0 Å². The Hall–Kier alpha value is -0.330. The fourth-order valence-corrected chi connectivity index (χ4v) is 5.20. The van der Waals surface area contributed by atoms with Crippen molar-refractivity contribution in [2.24, 2.45) is 17.6 Å². The topological polar surface area (TPSA) is 80.5 Å². The lowest BCUT2D eigenvalue weighted by Gasteiger charge is -2.31. The quantitative estimate of drug-likeness (QED) is 0.830. The number of amides is 1. The van der Waals surface area contributed by atoms with E-state index in [0.717, 1.165) is 19.3 Å². The highest BCUT2D eigenvalue weighted by atomic mass is 35.5. The molecular formula is C13H25ClN2O3S. The second-order valence-corrected chi connectivity index (χ2v) is 7.94. The molecule has 3 atom stereocenters. The molecule has 0 aromatic rings. The number of hydrogen-bond donors (Lipinski definition) is 1. The highest BCUT2D eigenvalue weighted by Gasteiger charge is 2.39. The minimum Gasteiger partial charge on any atom is -0.339 e. The monoisotopic (exact) mass is 324 g/mol.